The fraction of sp³-hybridized carbons (Fsp3) is 0.300. The minimum atomic E-state index is -0.335. The second kappa shape index (κ2) is 7.99. The number of hydrogen-bond acceptors (Lipinski definition) is 5. The number of carbonyl (C=O) groups excluding carboxylic acids is 1. The summed E-state index contributed by atoms with van der Waals surface area (Å²) in [5, 5.41) is 11.1. The third kappa shape index (κ3) is 4.49. The molecule has 1 heterocycles. The maximum atomic E-state index is 12.4. The maximum Gasteiger partial charge on any atom is 0.278 e. The van der Waals surface area contributed by atoms with Crippen molar-refractivity contribution in [3.8, 4) is 5.75 Å². The van der Waals surface area contributed by atoms with Gasteiger partial charge >= 0.3 is 0 Å². The molecule has 0 radical (unpaired) electrons. The summed E-state index contributed by atoms with van der Waals surface area (Å²) in [5.41, 5.74) is 1.12. The smallest absolute Gasteiger partial charge is 0.278 e. The lowest BCUT2D eigenvalue weighted by Gasteiger charge is -2.16. The summed E-state index contributed by atoms with van der Waals surface area (Å²) >= 11 is 0. The van der Waals surface area contributed by atoms with Crippen LogP contribution in [0.2, 0.25) is 0 Å². The summed E-state index contributed by atoms with van der Waals surface area (Å²) in [7, 11) is 0. The second-order valence-corrected chi connectivity index (χ2v) is 6.59. The van der Waals surface area contributed by atoms with Crippen molar-refractivity contribution in [3.63, 3.8) is 0 Å². The molecule has 0 aliphatic rings. The van der Waals surface area contributed by atoms with E-state index in [0.29, 0.717) is 10.9 Å². The minimum absolute atomic E-state index is 0.106. The number of hydrogen-bond donors (Lipinski definition) is 1. The molecular formula is C20H22N4O3. The fourth-order valence-corrected chi connectivity index (χ4v) is 2.74. The Morgan fingerprint density at radius 3 is 2.52 bits per heavy atom. The molecule has 0 bridgehead atoms. The molecule has 1 N–H and O–H groups in total. The minimum Gasteiger partial charge on any atom is -0.491 e. The van der Waals surface area contributed by atoms with E-state index in [-0.39, 0.29) is 30.2 Å². The SMILES string of the molecule is CC(C)Oc1ccc(C(C)NC(=O)Cn2nnc3ccccc3c2=O)cc1. The maximum absolute atomic E-state index is 12.4. The van der Waals surface area contributed by atoms with Crippen LogP contribution in [0.5, 0.6) is 5.75 Å². The van der Waals surface area contributed by atoms with Gasteiger partial charge in [0.1, 0.15) is 17.8 Å². The molecule has 1 atom stereocenters. The number of rotatable bonds is 6. The highest BCUT2D eigenvalue weighted by Gasteiger charge is 2.13. The van der Waals surface area contributed by atoms with Crippen molar-refractivity contribution < 1.29 is 9.53 Å². The molecule has 1 aromatic heterocycles. The molecule has 1 amide bonds. The highest BCUT2D eigenvalue weighted by molar-refractivity contribution is 5.78. The van der Waals surface area contributed by atoms with Gasteiger partial charge < -0.3 is 10.1 Å². The van der Waals surface area contributed by atoms with Gasteiger partial charge in [0.05, 0.1) is 17.5 Å². The van der Waals surface area contributed by atoms with Crippen LogP contribution in [0.25, 0.3) is 10.9 Å². The molecule has 0 saturated heterocycles. The van der Waals surface area contributed by atoms with Crippen LogP contribution in [0.15, 0.2) is 53.3 Å². The van der Waals surface area contributed by atoms with Crippen molar-refractivity contribution in [2.24, 2.45) is 0 Å². The summed E-state index contributed by atoms with van der Waals surface area (Å²) in [4.78, 5) is 24.7. The van der Waals surface area contributed by atoms with Gasteiger partial charge in [-0.05, 0) is 50.6 Å². The predicted molar refractivity (Wildman–Crippen MR) is 103 cm³/mol. The van der Waals surface area contributed by atoms with E-state index in [1.54, 1.807) is 24.3 Å². The van der Waals surface area contributed by atoms with Crippen molar-refractivity contribution in [1.82, 2.24) is 20.3 Å². The van der Waals surface area contributed by atoms with E-state index in [0.717, 1.165) is 16.0 Å². The van der Waals surface area contributed by atoms with E-state index in [9.17, 15) is 9.59 Å². The highest BCUT2D eigenvalue weighted by atomic mass is 16.5. The van der Waals surface area contributed by atoms with Crippen molar-refractivity contribution in [2.75, 3.05) is 0 Å². The first-order valence-electron chi connectivity index (χ1n) is 8.82. The quantitative estimate of drug-likeness (QED) is 0.724. The molecule has 2 aromatic carbocycles. The topological polar surface area (TPSA) is 86.1 Å². The Hall–Kier alpha value is -3.22. The van der Waals surface area contributed by atoms with Gasteiger partial charge in [-0.1, -0.05) is 29.5 Å². The molecule has 7 nitrogen and oxygen atoms in total. The van der Waals surface area contributed by atoms with Gasteiger partial charge in [0.25, 0.3) is 5.56 Å². The molecule has 7 heteroatoms. The first kappa shape index (κ1) is 18.6. The number of nitrogens with one attached hydrogen (secondary N) is 1. The highest BCUT2D eigenvalue weighted by Crippen LogP contribution is 2.18. The number of aromatic nitrogens is 3. The van der Waals surface area contributed by atoms with Gasteiger partial charge in [0, 0.05) is 0 Å². The summed E-state index contributed by atoms with van der Waals surface area (Å²) in [6.07, 6.45) is 0.106. The Balaban J connectivity index is 1.67. The van der Waals surface area contributed by atoms with Crippen molar-refractivity contribution in [1.29, 1.82) is 0 Å². The monoisotopic (exact) mass is 366 g/mol. The zero-order valence-electron chi connectivity index (χ0n) is 15.5. The van der Waals surface area contributed by atoms with Crippen LogP contribution in [-0.2, 0) is 11.3 Å². The molecule has 27 heavy (non-hydrogen) atoms. The van der Waals surface area contributed by atoms with Gasteiger partial charge in [0.2, 0.25) is 5.91 Å². The van der Waals surface area contributed by atoms with Crippen LogP contribution in [0.1, 0.15) is 32.4 Å². The van der Waals surface area contributed by atoms with Crippen LogP contribution < -0.4 is 15.6 Å². The number of benzene rings is 2. The van der Waals surface area contributed by atoms with Gasteiger partial charge in [-0.15, -0.1) is 5.10 Å². The van der Waals surface area contributed by atoms with Crippen LogP contribution >= 0.6 is 0 Å². The van der Waals surface area contributed by atoms with Crippen LogP contribution in [0.4, 0.5) is 0 Å². The lowest BCUT2D eigenvalue weighted by atomic mass is 10.1. The second-order valence-electron chi connectivity index (χ2n) is 6.59. The Morgan fingerprint density at radius 2 is 1.81 bits per heavy atom. The average Bonchev–Trinajstić information content (AvgIpc) is 2.64. The average molecular weight is 366 g/mol. The lowest BCUT2D eigenvalue weighted by Crippen LogP contribution is -2.35. The first-order valence-corrected chi connectivity index (χ1v) is 8.82. The number of nitrogens with zero attached hydrogens (tertiary/aromatic N) is 3. The first-order chi connectivity index (χ1) is 12.9. The van der Waals surface area contributed by atoms with Crippen LogP contribution in [0, 0.1) is 0 Å². The molecule has 140 valence electrons. The zero-order chi connectivity index (χ0) is 19.4. The van der Waals surface area contributed by atoms with Gasteiger partial charge in [-0.25, -0.2) is 4.68 Å². The molecule has 3 rings (SSSR count). The molecule has 1 unspecified atom stereocenters. The Labute approximate surface area is 157 Å². The number of fused-ring (bicyclic) bond motifs is 1. The normalized spacial score (nSPS) is 12.1. The van der Waals surface area contributed by atoms with Crippen molar-refractivity contribution >= 4 is 16.8 Å². The largest absolute Gasteiger partial charge is 0.491 e. The standard InChI is InChI=1S/C20H22N4O3/c1-13(2)27-16-10-8-15(9-11-16)14(3)21-19(25)12-24-20(26)17-6-4-5-7-18(17)22-23-24/h4-11,13-14H,12H2,1-3H3,(H,21,25). The molecule has 0 aliphatic carbocycles. The van der Waals surface area contributed by atoms with Crippen LogP contribution in [0.3, 0.4) is 0 Å². The van der Waals surface area contributed by atoms with Gasteiger partial charge in [-0.3, -0.25) is 9.59 Å². The van der Waals surface area contributed by atoms with Crippen molar-refractivity contribution in [2.45, 2.75) is 39.5 Å². The molecule has 3 aromatic rings. The lowest BCUT2D eigenvalue weighted by molar-refractivity contribution is -0.122. The van der Waals surface area contributed by atoms with E-state index in [1.807, 2.05) is 45.0 Å². The molecule has 0 fully saturated rings. The molecular weight excluding hydrogens is 344 g/mol. The third-order valence-electron chi connectivity index (χ3n) is 4.05. The summed E-state index contributed by atoms with van der Waals surface area (Å²) in [6.45, 7) is 5.63. The molecule has 0 saturated carbocycles. The van der Waals surface area contributed by atoms with Gasteiger partial charge in [-0.2, -0.15) is 0 Å². The summed E-state index contributed by atoms with van der Waals surface area (Å²) < 4.78 is 6.69. The number of amides is 1. The Kier molecular flexibility index (Phi) is 5.49. The summed E-state index contributed by atoms with van der Waals surface area (Å²) in [6, 6.07) is 14.3. The third-order valence-corrected chi connectivity index (χ3v) is 4.05. The Morgan fingerprint density at radius 1 is 1.11 bits per heavy atom. The fourth-order valence-electron chi connectivity index (χ4n) is 2.74. The Bertz CT molecular complexity index is 996. The van der Waals surface area contributed by atoms with Gasteiger partial charge in [0.15, 0.2) is 0 Å². The number of carbonyl (C=O) groups is 1. The van der Waals surface area contributed by atoms with E-state index < -0.39 is 0 Å². The molecule has 0 aliphatic heterocycles. The predicted octanol–water partition coefficient (Wildman–Crippen LogP) is 2.46. The number of ether oxygens (including phenoxy) is 1. The van der Waals surface area contributed by atoms with E-state index in [2.05, 4.69) is 15.6 Å². The van der Waals surface area contributed by atoms with E-state index in [1.165, 1.54) is 0 Å². The van der Waals surface area contributed by atoms with Crippen molar-refractivity contribution in [3.05, 3.63) is 64.4 Å². The zero-order valence-corrected chi connectivity index (χ0v) is 15.5. The van der Waals surface area contributed by atoms with Crippen LogP contribution in [-0.4, -0.2) is 27.0 Å². The molecule has 0 spiro atoms. The van der Waals surface area contributed by atoms with E-state index >= 15 is 0 Å². The van der Waals surface area contributed by atoms with E-state index in [4.69, 9.17) is 4.74 Å². The summed E-state index contributed by atoms with van der Waals surface area (Å²) in [5.74, 6) is 0.474.